The second-order valence-electron chi connectivity index (χ2n) is 9.28. The van der Waals surface area contributed by atoms with Crippen LogP contribution in [0.1, 0.15) is 37.0 Å². The summed E-state index contributed by atoms with van der Waals surface area (Å²) in [7, 11) is -4.09. The zero-order chi connectivity index (χ0) is 27.9. The standard InChI is InChI=1S/C29H34ClN3O4S/c1-5-17-31-29(35)23(4)32(19-24-7-6-8-25(30)18-24)28(34)20-33(26-13-9-21(2)10-14-26)38(36,37)27-15-11-22(3)12-16-27/h6-16,18,23H,5,17,19-20H2,1-4H3,(H,31,35). The first kappa shape index (κ1) is 29.2. The lowest BCUT2D eigenvalue weighted by atomic mass is 10.1. The number of hydrogen-bond donors (Lipinski definition) is 1. The smallest absolute Gasteiger partial charge is 0.264 e. The molecule has 0 radical (unpaired) electrons. The lowest BCUT2D eigenvalue weighted by Crippen LogP contribution is -2.51. The molecule has 202 valence electrons. The highest BCUT2D eigenvalue weighted by Crippen LogP contribution is 2.25. The Balaban J connectivity index is 2.01. The number of sulfonamides is 1. The number of amides is 2. The van der Waals surface area contributed by atoms with Crippen LogP contribution in [0.2, 0.25) is 5.02 Å². The number of nitrogens with one attached hydrogen (secondary N) is 1. The third-order valence-electron chi connectivity index (χ3n) is 6.17. The molecular weight excluding hydrogens is 522 g/mol. The average Bonchev–Trinajstić information content (AvgIpc) is 2.89. The maximum absolute atomic E-state index is 13.8. The number of rotatable bonds is 11. The predicted octanol–water partition coefficient (Wildman–Crippen LogP) is 5.10. The van der Waals surface area contributed by atoms with Crippen molar-refractivity contribution in [1.82, 2.24) is 10.2 Å². The van der Waals surface area contributed by atoms with Crippen LogP contribution < -0.4 is 9.62 Å². The highest BCUT2D eigenvalue weighted by molar-refractivity contribution is 7.92. The van der Waals surface area contributed by atoms with Crippen LogP contribution in [0.25, 0.3) is 0 Å². The third kappa shape index (κ3) is 7.36. The molecule has 1 N–H and O–H groups in total. The van der Waals surface area contributed by atoms with E-state index in [1.165, 1.54) is 17.0 Å². The molecule has 3 aromatic carbocycles. The van der Waals surface area contributed by atoms with Gasteiger partial charge in [0.1, 0.15) is 12.6 Å². The van der Waals surface area contributed by atoms with E-state index in [4.69, 9.17) is 11.6 Å². The van der Waals surface area contributed by atoms with E-state index < -0.39 is 28.5 Å². The first-order chi connectivity index (χ1) is 18.0. The number of benzene rings is 3. The number of carbonyl (C=O) groups is 2. The summed E-state index contributed by atoms with van der Waals surface area (Å²) in [5.74, 6) is -0.828. The molecule has 0 spiro atoms. The second kappa shape index (κ2) is 12.9. The van der Waals surface area contributed by atoms with Gasteiger partial charge in [0.15, 0.2) is 0 Å². The molecule has 0 saturated carbocycles. The Kier molecular flexibility index (Phi) is 9.94. The fourth-order valence-corrected chi connectivity index (χ4v) is 5.51. The summed E-state index contributed by atoms with van der Waals surface area (Å²) < 4.78 is 28.7. The number of hydrogen-bond acceptors (Lipinski definition) is 4. The Morgan fingerprint density at radius 1 is 0.947 bits per heavy atom. The number of halogens is 1. The van der Waals surface area contributed by atoms with Crippen LogP contribution in [0.3, 0.4) is 0 Å². The predicted molar refractivity (Wildman–Crippen MR) is 152 cm³/mol. The molecule has 0 aliphatic heterocycles. The van der Waals surface area contributed by atoms with Crippen molar-refractivity contribution in [2.45, 2.75) is 51.6 Å². The Bertz CT molecular complexity index is 1360. The van der Waals surface area contributed by atoms with E-state index in [1.54, 1.807) is 61.5 Å². The van der Waals surface area contributed by atoms with Crippen LogP contribution in [-0.2, 0) is 26.2 Å². The molecule has 38 heavy (non-hydrogen) atoms. The van der Waals surface area contributed by atoms with Crippen molar-refractivity contribution < 1.29 is 18.0 Å². The molecule has 3 rings (SSSR count). The molecule has 0 bridgehead atoms. The second-order valence-corrected chi connectivity index (χ2v) is 11.6. The fraction of sp³-hybridized carbons (Fsp3) is 0.310. The van der Waals surface area contributed by atoms with Gasteiger partial charge in [-0.15, -0.1) is 0 Å². The summed E-state index contributed by atoms with van der Waals surface area (Å²) in [6, 6.07) is 19.6. The lowest BCUT2D eigenvalue weighted by molar-refractivity contribution is -0.139. The molecule has 0 fully saturated rings. The van der Waals surface area contributed by atoms with Crippen molar-refractivity contribution in [3.63, 3.8) is 0 Å². The lowest BCUT2D eigenvalue weighted by Gasteiger charge is -2.32. The average molecular weight is 556 g/mol. The number of nitrogens with zero attached hydrogens (tertiary/aromatic N) is 2. The van der Waals surface area contributed by atoms with Crippen molar-refractivity contribution in [3.05, 3.63) is 94.5 Å². The van der Waals surface area contributed by atoms with Gasteiger partial charge in [0.25, 0.3) is 10.0 Å². The highest BCUT2D eigenvalue weighted by atomic mass is 35.5. The molecule has 0 heterocycles. The van der Waals surface area contributed by atoms with Gasteiger partial charge in [-0.1, -0.05) is 66.0 Å². The quantitative estimate of drug-likeness (QED) is 0.357. The molecule has 0 aliphatic rings. The molecule has 1 unspecified atom stereocenters. The SMILES string of the molecule is CCCNC(=O)C(C)N(Cc1cccc(Cl)c1)C(=O)CN(c1ccc(C)cc1)S(=O)(=O)c1ccc(C)cc1. The molecule has 1 atom stereocenters. The molecule has 0 aliphatic carbocycles. The monoisotopic (exact) mass is 555 g/mol. The maximum atomic E-state index is 13.8. The minimum atomic E-state index is -4.09. The summed E-state index contributed by atoms with van der Waals surface area (Å²) in [6.07, 6.45) is 0.747. The number of aryl methyl sites for hydroxylation is 2. The highest BCUT2D eigenvalue weighted by Gasteiger charge is 2.32. The topological polar surface area (TPSA) is 86.8 Å². The summed E-state index contributed by atoms with van der Waals surface area (Å²) >= 11 is 6.16. The van der Waals surface area contributed by atoms with Crippen molar-refractivity contribution in [2.75, 3.05) is 17.4 Å². The Morgan fingerprint density at radius 3 is 2.13 bits per heavy atom. The first-order valence-electron chi connectivity index (χ1n) is 12.5. The molecule has 3 aromatic rings. The Labute approximate surface area is 230 Å². The van der Waals surface area contributed by atoms with Gasteiger partial charge in [-0.25, -0.2) is 8.42 Å². The number of carbonyl (C=O) groups excluding carboxylic acids is 2. The zero-order valence-corrected chi connectivity index (χ0v) is 23.7. The molecule has 0 aromatic heterocycles. The maximum Gasteiger partial charge on any atom is 0.264 e. The van der Waals surface area contributed by atoms with Crippen LogP contribution in [0, 0.1) is 13.8 Å². The van der Waals surface area contributed by atoms with E-state index in [9.17, 15) is 18.0 Å². The normalized spacial score (nSPS) is 12.0. The van der Waals surface area contributed by atoms with Gasteiger partial charge in [0.2, 0.25) is 11.8 Å². The van der Waals surface area contributed by atoms with Crippen molar-refractivity contribution in [3.8, 4) is 0 Å². The molecule has 2 amide bonds. The van der Waals surface area contributed by atoms with Gasteiger partial charge in [-0.3, -0.25) is 13.9 Å². The van der Waals surface area contributed by atoms with Crippen molar-refractivity contribution in [1.29, 1.82) is 0 Å². The molecular formula is C29H34ClN3O4S. The van der Waals surface area contributed by atoms with E-state index >= 15 is 0 Å². The van der Waals surface area contributed by atoms with Gasteiger partial charge in [-0.2, -0.15) is 0 Å². The van der Waals surface area contributed by atoms with Crippen molar-refractivity contribution >= 4 is 39.1 Å². The van der Waals surface area contributed by atoms with Crippen LogP contribution in [0.5, 0.6) is 0 Å². The van der Waals surface area contributed by atoms with Crippen LogP contribution in [0.15, 0.2) is 77.7 Å². The van der Waals surface area contributed by atoms with Crippen molar-refractivity contribution in [2.24, 2.45) is 0 Å². The minimum Gasteiger partial charge on any atom is -0.354 e. The summed E-state index contributed by atoms with van der Waals surface area (Å²) in [5.41, 5.74) is 2.96. The first-order valence-corrected chi connectivity index (χ1v) is 14.3. The van der Waals surface area contributed by atoms with E-state index in [0.29, 0.717) is 17.3 Å². The third-order valence-corrected chi connectivity index (χ3v) is 8.19. The molecule has 7 nitrogen and oxygen atoms in total. The van der Waals surface area contributed by atoms with E-state index in [-0.39, 0.29) is 17.3 Å². The van der Waals surface area contributed by atoms with Gasteiger partial charge < -0.3 is 10.2 Å². The largest absolute Gasteiger partial charge is 0.354 e. The van der Waals surface area contributed by atoms with Crippen LogP contribution in [-0.4, -0.2) is 44.3 Å². The van der Waals surface area contributed by atoms with E-state index in [2.05, 4.69) is 5.32 Å². The molecule has 0 saturated heterocycles. The minimum absolute atomic E-state index is 0.0756. The van der Waals surface area contributed by atoms with Gasteiger partial charge in [0.05, 0.1) is 10.6 Å². The van der Waals surface area contributed by atoms with Gasteiger partial charge in [0, 0.05) is 18.1 Å². The Morgan fingerprint density at radius 2 is 1.55 bits per heavy atom. The zero-order valence-electron chi connectivity index (χ0n) is 22.1. The summed E-state index contributed by atoms with van der Waals surface area (Å²) in [5, 5.41) is 3.33. The van der Waals surface area contributed by atoms with E-state index in [0.717, 1.165) is 27.4 Å². The molecule has 9 heteroatoms. The van der Waals surface area contributed by atoms with Gasteiger partial charge in [-0.05, 0) is 69.2 Å². The number of anilines is 1. The van der Waals surface area contributed by atoms with Gasteiger partial charge >= 0.3 is 0 Å². The van der Waals surface area contributed by atoms with Crippen LogP contribution in [0.4, 0.5) is 5.69 Å². The Hall–Kier alpha value is -3.36. The summed E-state index contributed by atoms with van der Waals surface area (Å²) in [4.78, 5) is 28.2. The van der Waals surface area contributed by atoms with E-state index in [1.807, 2.05) is 26.8 Å². The fourth-order valence-electron chi connectivity index (χ4n) is 3.89. The summed E-state index contributed by atoms with van der Waals surface area (Å²) in [6.45, 7) is 7.43. The van der Waals surface area contributed by atoms with Crippen LogP contribution >= 0.6 is 11.6 Å².